The van der Waals surface area contributed by atoms with Gasteiger partial charge in [-0.25, -0.2) is 14.4 Å². The van der Waals surface area contributed by atoms with Gasteiger partial charge in [-0.15, -0.1) is 0 Å². The molecule has 0 aliphatic heterocycles. The molecule has 5 heteroatoms. The van der Waals surface area contributed by atoms with Crippen LogP contribution in [-0.4, -0.2) is 17.1 Å². The second-order valence-corrected chi connectivity index (χ2v) is 3.65. The third-order valence-electron chi connectivity index (χ3n) is 2.40. The molecule has 0 aliphatic carbocycles. The minimum Gasteiger partial charge on any atom is -0.494 e. The lowest BCUT2D eigenvalue weighted by molar-refractivity contribution is 0.386. The van der Waals surface area contributed by atoms with E-state index in [2.05, 4.69) is 9.97 Å². The lowest BCUT2D eigenvalue weighted by Crippen LogP contribution is -1.95. The fourth-order valence-corrected chi connectivity index (χ4v) is 1.60. The van der Waals surface area contributed by atoms with Gasteiger partial charge in [0.15, 0.2) is 11.6 Å². The van der Waals surface area contributed by atoms with Crippen molar-refractivity contribution < 1.29 is 9.13 Å². The highest BCUT2D eigenvalue weighted by atomic mass is 19.1. The van der Waals surface area contributed by atoms with Crippen molar-refractivity contribution in [3.63, 3.8) is 0 Å². The van der Waals surface area contributed by atoms with Crippen LogP contribution >= 0.6 is 0 Å². The molecule has 1 heterocycles. The summed E-state index contributed by atoms with van der Waals surface area (Å²) in [6.45, 7) is 1.68. The number of methoxy groups -OCH3 is 1. The SMILES string of the molecule is COc1ccc(-c2cc(C#N)nc(C)n2)cc1F. The van der Waals surface area contributed by atoms with Crippen LogP contribution in [0.5, 0.6) is 5.75 Å². The van der Waals surface area contributed by atoms with Gasteiger partial charge in [0.2, 0.25) is 0 Å². The van der Waals surface area contributed by atoms with E-state index in [1.54, 1.807) is 13.0 Å². The Hall–Kier alpha value is -2.48. The molecule has 1 aromatic heterocycles. The zero-order valence-corrected chi connectivity index (χ0v) is 9.94. The molecule has 0 radical (unpaired) electrons. The second-order valence-electron chi connectivity index (χ2n) is 3.65. The standard InChI is InChI=1S/C13H10FN3O/c1-8-16-10(7-15)6-12(17-8)9-3-4-13(18-2)11(14)5-9/h3-6H,1-2H3. The third kappa shape index (κ3) is 2.28. The van der Waals surface area contributed by atoms with Crippen LogP contribution in [0.3, 0.4) is 0 Å². The number of nitrogens with zero attached hydrogens (tertiary/aromatic N) is 3. The van der Waals surface area contributed by atoms with Gasteiger partial charge in [0.05, 0.1) is 12.8 Å². The van der Waals surface area contributed by atoms with E-state index >= 15 is 0 Å². The monoisotopic (exact) mass is 243 g/mol. The number of aryl methyl sites for hydroxylation is 1. The maximum absolute atomic E-state index is 13.6. The molecular weight excluding hydrogens is 233 g/mol. The number of aromatic nitrogens is 2. The van der Waals surface area contributed by atoms with Crippen molar-refractivity contribution in [3.05, 3.63) is 41.6 Å². The topological polar surface area (TPSA) is 58.8 Å². The first-order valence-electron chi connectivity index (χ1n) is 5.23. The van der Waals surface area contributed by atoms with Crippen LogP contribution < -0.4 is 4.74 Å². The summed E-state index contributed by atoms with van der Waals surface area (Å²) < 4.78 is 18.4. The number of nitriles is 1. The maximum atomic E-state index is 13.6. The van der Waals surface area contributed by atoms with Crippen LogP contribution in [0.4, 0.5) is 4.39 Å². The molecule has 2 aromatic rings. The van der Waals surface area contributed by atoms with E-state index in [1.807, 2.05) is 6.07 Å². The summed E-state index contributed by atoms with van der Waals surface area (Å²) in [5.74, 6) is 0.176. The number of hydrogen-bond donors (Lipinski definition) is 0. The summed E-state index contributed by atoms with van der Waals surface area (Å²) in [6.07, 6.45) is 0. The largest absolute Gasteiger partial charge is 0.494 e. The zero-order chi connectivity index (χ0) is 13.1. The predicted octanol–water partition coefficient (Wildman–Crippen LogP) is 2.47. The van der Waals surface area contributed by atoms with Gasteiger partial charge in [-0.2, -0.15) is 5.26 Å². The van der Waals surface area contributed by atoms with Crippen molar-refractivity contribution >= 4 is 0 Å². The van der Waals surface area contributed by atoms with E-state index in [0.29, 0.717) is 17.1 Å². The lowest BCUT2D eigenvalue weighted by atomic mass is 10.1. The number of ether oxygens (including phenoxy) is 1. The number of halogens is 1. The molecule has 0 saturated heterocycles. The van der Waals surface area contributed by atoms with E-state index in [0.717, 1.165) is 0 Å². The first-order valence-corrected chi connectivity index (χ1v) is 5.23. The Morgan fingerprint density at radius 2 is 2.06 bits per heavy atom. The third-order valence-corrected chi connectivity index (χ3v) is 2.40. The zero-order valence-electron chi connectivity index (χ0n) is 9.94. The Kier molecular flexibility index (Phi) is 3.20. The van der Waals surface area contributed by atoms with Crippen molar-refractivity contribution in [1.82, 2.24) is 9.97 Å². The second kappa shape index (κ2) is 4.80. The molecule has 0 aliphatic rings. The molecule has 0 amide bonds. The van der Waals surface area contributed by atoms with Crippen molar-refractivity contribution in [3.8, 4) is 23.1 Å². The van der Waals surface area contributed by atoms with E-state index in [-0.39, 0.29) is 11.4 Å². The van der Waals surface area contributed by atoms with Gasteiger partial charge >= 0.3 is 0 Å². The van der Waals surface area contributed by atoms with Crippen LogP contribution in [0.25, 0.3) is 11.3 Å². The quantitative estimate of drug-likeness (QED) is 0.813. The van der Waals surface area contributed by atoms with Gasteiger partial charge in [-0.3, -0.25) is 0 Å². The molecule has 4 nitrogen and oxygen atoms in total. The Labute approximate surface area is 104 Å². The molecular formula is C13H10FN3O. The Morgan fingerprint density at radius 3 is 2.67 bits per heavy atom. The summed E-state index contributed by atoms with van der Waals surface area (Å²) in [4.78, 5) is 8.12. The average Bonchev–Trinajstić information content (AvgIpc) is 2.37. The molecule has 0 bridgehead atoms. The molecule has 0 N–H and O–H groups in total. The van der Waals surface area contributed by atoms with Gasteiger partial charge in [-0.05, 0) is 25.1 Å². The smallest absolute Gasteiger partial charge is 0.165 e. The normalized spacial score (nSPS) is 9.89. The Morgan fingerprint density at radius 1 is 1.28 bits per heavy atom. The fourth-order valence-electron chi connectivity index (χ4n) is 1.60. The summed E-state index contributed by atoms with van der Waals surface area (Å²) >= 11 is 0. The number of benzene rings is 1. The molecule has 2 rings (SSSR count). The van der Waals surface area contributed by atoms with Crippen molar-refractivity contribution in [2.45, 2.75) is 6.92 Å². The molecule has 0 atom stereocenters. The van der Waals surface area contributed by atoms with Crippen LogP contribution in [0.15, 0.2) is 24.3 Å². The van der Waals surface area contributed by atoms with Crippen LogP contribution in [0, 0.1) is 24.1 Å². The van der Waals surface area contributed by atoms with Gasteiger partial charge in [0, 0.05) is 11.6 Å². The van der Waals surface area contributed by atoms with Crippen molar-refractivity contribution in [2.24, 2.45) is 0 Å². The molecule has 18 heavy (non-hydrogen) atoms. The van der Waals surface area contributed by atoms with Crippen molar-refractivity contribution in [1.29, 1.82) is 5.26 Å². The van der Waals surface area contributed by atoms with Gasteiger partial charge < -0.3 is 4.74 Å². The fraction of sp³-hybridized carbons (Fsp3) is 0.154. The lowest BCUT2D eigenvalue weighted by Gasteiger charge is -2.05. The minimum absolute atomic E-state index is 0.171. The maximum Gasteiger partial charge on any atom is 0.165 e. The van der Waals surface area contributed by atoms with Crippen molar-refractivity contribution in [2.75, 3.05) is 7.11 Å². The van der Waals surface area contributed by atoms with E-state index < -0.39 is 5.82 Å². The van der Waals surface area contributed by atoms with E-state index in [9.17, 15) is 4.39 Å². The summed E-state index contributed by atoms with van der Waals surface area (Å²) in [5.41, 5.74) is 1.35. The highest BCUT2D eigenvalue weighted by Crippen LogP contribution is 2.24. The molecule has 0 fully saturated rings. The van der Waals surface area contributed by atoms with Gasteiger partial charge in [0.1, 0.15) is 17.6 Å². The van der Waals surface area contributed by atoms with Crippen LogP contribution in [0.2, 0.25) is 0 Å². The van der Waals surface area contributed by atoms with E-state index in [4.69, 9.17) is 10.00 Å². The molecule has 90 valence electrons. The Bertz CT molecular complexity index is 635. The summed E-state index contributed by atoms with van der Waals surface area (Å²) in [6, 6.07) is 8.00. The molecule has 1 aromatic carbocycles. The molecule has 0 unspecified atom stereocenters. The number of hydrogen-bond acceptors (Lipinski definition) is 4. The summed E-state index contributed by atoms with van der Waals surface area (Å²) in [5, 5.41) is 8.84. The Balaban J connectivity index is 2.52. The minimum atomic E-state index is -0.468. The average molecular weight is 243 g/mol. The highest BCUT2D eigenvalue weighted by Gasteiger charge is 2.08. The predicted molar refractivity (Wildman–Crippen MR) is 63.4 cm³/mol. The van der Waals surface area contributed by atoms with E-state index in [1.165, 1.54) is 25.3 Å². The molecule has 0 spiro atoms. The summed E-state index contributed by atoms with van der Waals surface area (Å²) in [7, 11) is 1.40. The van der Waals surface area contributed by atoms with Gasteiger partial charge in [0.25, 0.3) is 0 Å². The number of rotatable bonds is 2. The highest BCUT2D eigenvalue weighted by molar-refractivity contribution is 5.61. The first-order chi connectivity index (χ1) is 8.63. The molecule has 0 saturated carbocycles. The van der Waals surface area contributed by atoms with Gasteiger partial charge in [-0.1, -0.05) is 0 Å². The van der Waals surface area contributed by atoms with Crippen LogP contribution in [-0.2, 0) is 0 Å². The van der Waals surface area contributed by atoms with Crippen LogP contribution in [0.1, 0.15) is 11.5 Å². The first kappa shape index (κ1) is 12.0.